The third-order valence-electron chi connectivity index (χ3n) is 7.76. The van der Waals surface area contributed by atoms with Crippen LogP contribution in [0.15, 0.2) is 0 Å². The third-order valence-corrected chi connectivity index (χ3v) is 7.76. The van der Waals surface area contributed by atoms with Crippen molar-refractivity contribution in [1.82, 2.24) is 20.9 Å². The summed E-state index contributed by atoms with van der Waals surface area (Å²) in [5, 5.41) is 18.2. The van der Waals surface area contributed by atoms with Gasteiger partial charge in [-0.25, -0.2) is 4.79 Å². The number of nitriles is 1. The average Bonchev–Trinajstić information content (AvgIpc) is 3.29. The molecule has 0 aromatic carbocycles. The van der Waals surface area contributed by atoms with E-state index < -0.39 is 29.8 Å². The van der Waals surface area contributed by atoms with Crippen molar-refractivity contribution in [1.29, 1.82) is 5.26 Å². The molecular formula is C25H37N5O5. The minimum Gasteiger partial charge on any atom is -0.444 e. The van der Waals surface area contributed by atoms with Gasteiger partial charge in [-0.05, 0) is 70.6 Å². The summed E-state index contributed by atoms with van der Waals surface area (Å²) in [6, 6.07) is -0.156. The molecule has 1 saturated carbocycles. The molecule has 0 radical (unpaired) electrons. The first-order chi connectivity index (χ1) is 16.5. The van der Waals surface area contributed by atoms with Gasteiger partial charge < -0.3 is 25.6 Å². The highest BCUT2D eigenvalue weighted by molar-refractivity contribution is 5.92. The Balaban J connectivity index is 1.57. The molecule has 0 aromatic heterocycles. The van der Waals surface area contributed by atoms with E-state index in [4.69, 9.17) is 4.74 Å². The molecule has 0 bridgehead atoms. The van der Waals surface area contributed by atoms with E-state index in [-0.39, 0.29) is 41.4 Å². The number of nitrogens with one attached hydrogen (secondary N) is 3. The maximum absolute atomic E-state index is 13.7. The number of hydrogen-bond donors (Lipinski definition) is 3. The number of fused-ring (bicyclic) bond motifs is 2. The number of ether oxygens (including phenoxy) is 1. The smallest absolute Gasteiger partial charge is 0.408 e. The second kappa shape index (κ2) is 9.67. The number of rotatable bonds is 1. The molecule has 1 aliphatic carbocycles. The highest BCUT2D eigenvalue weighted by Gasteiger charge is 2.56. The molecule has 3 aliphatic heterocycles. The summed E-state index contributed by atoms with van der Waals surface area (Å²) in [6.45, 7) is 6.31. The molecule has 1 unspecified atom stereocenters. The van der Waals surface area contributed by atoms with Gasteiger partial charge in [0.25, 0.3) is 0 Å². The third kappa shape index (κ3) is 5.88. The maximum Gasteiger partial charge on any atom is 0.408 e. The normalized spacial score (nSPS) is 33.0. The lowest BCUT2D eigenvalue weighted by Crippen LogP contribution is -2.55. The van der Waals surface area contributed by atoms with Gasteiger partial charge in [0.05, 0.1) is 6.07 Å². The van der Waals surface area contributed by atoms with E-state index in [1.807, 2.05) is 0 Å². The summed E-state index contributed by atoms with van der Waals surface area (Å²) in [6.07, 6.45) is 4.73. The zero-order valence-corrected chi connectivity index (χ0v) is 20.9. The largest absolute Gasteiger partial charge is 0.444 e. The Morgan fingerprint density at radius 3 is 2.54 bits per heavy atom. The molecule has 4 aliphatic rings. The van der Waals surface area contributed by atoms with Gasteiger partial charge in [0.2, 0.25) is 17.7 Å². The number of hydrogen-bond acceptors (Lipinski definition) is 6. The van der Waals surface area contributed by atoms with Crippen molar-refractivity contribution < 1.29 is 23.9 Å². The summed E-state index contributed by atoms with van der Waals surface area (Å²) in [4.78, 5) is 53.6. The van der Waals surface area contributed by atoms with Crippen LogP contribution in [0.1, 0.15) is 72.1 Å². The second-order valence-electron chi connectivity index (χ2n) is 11.7. The summed E-state index contributed by atoms with van der Waals surface area (Å²) in [5.41, 5.74) is -0.757. The molecule has 1 spiro atoms. The molecule has 192 valence electrons. The Bertz CT molecular complexity index is 918. The number of amides is 4. The minimum absolute atomic E-state index is 0.0549. The first-order valence-corrected chi connectivity index (χ1v) is 12.8. The van der Waals surface area contributed by atoms with Crippen LogP contribution in [0.2, 0.25) is 0 Å². The topological polar surface area (TPSA) is 141 Å². The lowest BCUT2D eigenvalue weighted by molar-refractivity contribution is -0.140. The van der Waals surface area contributed by atoms with Gasteiger partial charge in [0, 0.05) is 19.0 Å². The number of carbonyl (C=O) groups is 4. The van der Waals surface area contributed by atoms with Crippen LogP contribution in [0.25, 0.3) is 0 Å². The van der Waals surface area contributed by atoms with Crippen molar-refractivity contribution in [2.24, 2.45) is 17.3 Å². The fraction of sp³-hybridized carbons (Fsp3) is 0.800. The van der Waals surface area contributed by atoms with E-state index in [2.05, 4.69) is 22.0 Å². The van der Waals surface area contributed by atoms with Gasteiger partial charge in [-0.1, -0.05) is 12.8 Å². The average molecular weight is 488 g/mol. The molecule has 5 atom stereocenters. The van der Waals surface area contributed by atoms with Crippen LogP contribution < -0.4 is 16.0 Å². The van der Waals surface area contributed by atoms with E-state index in [9.17, 15) is 24.4 Å². The highest BCUT2D eigenvalue weighted by atomic mass is 16.6. The quantitative estimate of drug-likeness (QED) is 0.513. The predicted molar refractivity (Wildman–Crippen MR) is 126 cm³/mol. The molecule has 0 aromatic rings. The Hall–Kier alpha value is -2.83. The van der Waals surface area contributed by atoms with Crippen molar-refractivity contribution in [3.05, 3.63) is 0 Å². The van der Waals surface area contributed by atoms with Crippen molar-refractivity contribution in [2.75, 3.05) is 13.1 Å². The zero-order chi connectivity index (χ0) is 25.4. The van der Waals surface area contributed by atoms with Crippen molar-refractivity contribution in [3.63, 3.8) is 0 Å². The van der Waals surface area contributed by atoms with Crippen molar-refractivity contribution in [3.8, 4) is 6.07 Å². The monoisotopic (exact) mass is 487 g/mol. The lowest BCUT2D eigenvalue weighted by Gasteiger charge is -2.31. The molecule has 4 rings (SSSR count). The Labute approximate surface area is 206 Å². The van der Waals surface area contributed by atoms with Gasteiger partial charge in [-0.3, -0.25) is 14.4 Å². The molecule has 10 nitrogen and oxygen atoms in total. The summed E-state index contributed by atoms with van der Waals surface area (Å²) >= 11 is 0. The summed E-state index contributed by atoms with van der Waals surface area (Å²) in [5.74, 6) is -0.966. The van der Waals surface area contributed by atoms with Gasteiger partial charge >= 0.3 is 6.09 Å². The fourth-order valence-electron chi connectivity index (χ4n) is 5.71. The molecule has 3 saturated heterocycles. The molecule has 3 heterocycles. The van der Waals surface area contributed by atoms with Gasteiger partial charge in [-0.15, -0.1) is 0 Å². The second-order valence-corrected chi connectivity index (χ2v) is 11.7. The van der Waals surface area contributed by atoms with Crippen LogP contribution in [0.5, 0.6) is 0 Å². The number of nitrogens with zero attached hydrogens (tertiary/aromatic N) is 2. The van der Waals surface area contributed by atoms with E-state index >= 15 is 0 Å². The van der Waals surface area contributed by atoms with Crippen LogP contribution in [0.3, 0.4) is 0 Å². The minimum atomic E-state index is -0.803. The molecule has 3 N–H and O–H groups in total. The standard InChI is InChI=1S/C25H37N5O5/c1-24(2,3)35-23(34)29-18-7-5-4-6-15-13-27-20(31)17(15)10-16(12-26)28-21(32)19-11-25(8-9-25)14-30(19)22(18)33/h15-19H,4-11,13-14H2,1-3H3,(H,27,31)(H,28,32)(H,29,34)/t15-,16-,17-,18?,19-/m0/s1. The van der Waals surface area contributed by atoms with Crippen LogP contribution in [0.4, 0.5) is 4.79 Å². The van der Waals surface area contributed by atoms with Gasteiger partial charge in [0.1, 0.15) is 23.7 Å². The van der Waals surface area contributed by atoms with Crippen molar-refractivity contribution in [2.45, 2.75) is 95.9 Å². The molecule has 4 fully saturated rings. The zero-order valence-electron chi connectivity index (χ0n) is 20.9. The van der Waals surface area contributed by atoms with Crippen molar-refractivity contribution >= 4 is 23.8 Å². The van der Waals surface area contributed by atoms with E-state index in [0.29, 0.717) is 32.4 Å². The number of alkyl carbamates (subject to hydrolysis) is 1. The Kier molecular flexibility index (Phi) is 6.98. The molecule has 35 heavy (non-hydrogen) atoms. The van der Waals surface area contributed by atoms with Crippen LogP contribution in [0, 0.1) is 28.6 Å². The SMILES string of the molecule is CC(C)(C)OC(=O)NC1CCCC[C@H]2CNC(=O)[C@H]2C[C@@H](C#N)NC(=O)[C@@H]2CC3(CC3)CN2C1=O. The first kappa shape index (κ1) is 25.3. The molecular weight excluding hydrogens is 450 g/mol. The molecule has 4 amide bonds. The lowest BCUT2D eigenvalue weighted by atomic mass is 9.85. The maximum atomic E-state index is 13.7. The van der Waals surface area contributed by atoms with Crippen LogP contribution in [-0.4, -0.2) is 65.5 Å². The molecule has 10 heteroatoms. The van der Waals surface area contributed by atoms with Crippen LogP contribution in [-0.2, 0) is 19.1 Å². The fourth-order valence-corrected chi connectivity index (χ4v) is 5.71. The van der Waals surface area contributed by atoms with Crippen LogP contribution >= 0.6 is 0 Å². The predicted octanol–water partition coefficient (Wildman–Crippen LogP) is 1.60. The van der Waals surface area contributed by atoms with E-state index in [1.165, 1.54) is 0 Å². The Morgan fingerprint density at radius 2 is 1.89 bits per heavy atom. The van der Waals surface area contributed by atoms with Gasteiger partial charge in [-0.2, -0.15) is 5.26 Å². The number of carbonyl (C=O) groups excluding carboxylic acids is 4. The summed E-state index contributed by atoms with van der Waals surface area (Å²) < 4.78 is 5.40. The Morgan fingerprint density at radius 1 is 1.17 bits per heavy atom. The van der Waals surface area contributed by atoms with Gasteiger partial charge in [0.15, 0.2) is 0 Å². The van der Waals surface area contributed by atoms with E-state index in [1.54, 1.807) is 25.7 Å². The highest BCUT2D eigenvalue weighted by Crippen LogP contribution is 2.55. The van der Waals surface area contributed by atoms with E-state index in [0.717, 1.165) is 25.7 Å². The summed E-state index contributed by atoms with van der Waals surface area (Å²) in [7, 11) is 0. The first-order valence-electron chi connectivity index (χ1n) is 12.8.